The summed E-state index contributed by atoms with van der Waals surface area (Å²) in [5, 5.41) is 3.52. The summed E-state index contributed by atoms with van der Waals surface area (Å²) >= 11 is 0. The van der Waals surface area contributed by atoms with Crippen molar-refractivity contribution in [1.29, 1.82) is 0 Å². The van der Waals surface area contributed by atoms with E-state index >= 15 is 0 Å². The molecule has 2 aliphatic heterocycles. The van der Waals surface area contributed by atoms with Gasteiger partial charge in [0.25, 0.3) is 11.5 Å². The number of para-hydroxylation sites is 1. The van der Waals surface area contributed by atoms with E-state index in [0.717, 1.165) is 16.6 Å². The van der Waals surface area contributed by atoms with Crippen LogP contribution in [0.2, 0.25) is 0 Å². The van der Waals surface area contributed by atoms with Gasteiger partial charge in [-0.15, -0.1) is 0 Å². The van der Waals surface area contributed by atoms with Gasteiger partial charge in [-0.2, -0.15) is 0 Å². The predicted octanol–water partition coefficient (Wildman–Crippen LogP) is 3.67. The summed E-state index contributed by atoms with van der Waals surface area (Å²) in [5.74, 6) is 0.156. The number of furan rings is 1. The minimum absolute atomic E-state index is 0.0346. The van der Waals surface area contributed by atoms with Crippen LogP contribution in [-0.2, 0) is 29.2 Å². The lowest BCUT2D eigenvalue weighted by Gasteiger charge is -2.40. The standard InChI is InChI=1S/C30H28N4O6/c35-27(18-33-12-4-3-7-28(33)36)31-17-24-16-22-15-20(8-9-26(22)40-24)29(37)32-13-10-23(11-14-32)34-25-6-2-1-5-21(25)19-39-30(34)38/h1-9,12,15-16,23H,10-11,13-14,17-19H2,(H,31,35). The smallest absolute Gasteiger partial charge is 0.414 e. The Bertz CT molecular complexity index is 1650. The summed E-state index contributed by atoms with van der Waals surface area (Å²) in [4.78, 5) is 53.5. The Labute approximate surface area is 229 Å². The fourth-order valence-electron chi connectivity index (χ4n) is 5.34. The second-order valence-corrected chi connectivity index (χ2v) is 9.99. The number of ether oxygens (including phenoxy) is 1. The number of amides is 3. The van der Waals surface area contributed by atoms with Crippen LogP contribution < -0.4 is 15.8 Å². The van der Waals surface area contributed by atoms with E-state index in [1.54, 1.807) is 47.5 Å². The predicted molar refractivity (Wildman–Crippen MR) is 147 cm³/mol. The van der Waals surface area contributed by atoms with Crippen molar-refractivity contribution in [3.05, 3.63) is 100 Å². The molecule has 4 heterocycles. The van der Waals surface area contributed by atoms with Crippen molar-refractivity contribution in [2.75, 3.05) is 18.0 Å². The lowest BCUT2D eigenvalue weighted by Crippen LogP contribution is -2.50. The van der Waals surface area contributed by atoms with Gasteiger partial charge in [0.05, 0.1) is 12.2 Å². The molecule has 6 rings (SSSR count). The second kappa shape index (κ2) is 10.7. The van der Waals surface area contributed by atoms with Gasteiger partial charge in [-0.05, 0) is 49.2 Å². The molecule has 2 aromatic carbocycles. The third kappa shape index (κ3) is 5.07. The first-order valence-corrected chi connectivity index (χ1v) is 13.2. The van der Waals surface area contributed by atoms with E-state index in [4.69, 9.17) is 9.15 Å². The maximum atomic E-state index is 13.3. The third-order valence-corrected chi connectivity index (χ3v) is 7.40. The van der Waals surface area contributed by atoms with Crippen molar-refractivity contribution in [3.63, 3.8) is 0 Å². The van der Waals surface area contributed by atoms with E-state index in [1.165, 1.54) is 10.6 Å². The number of fused-ring (bicyclic) bond motifs is 2. The Morgan fingerprint density at radius 2 is 1.75 bits per heavy atom. The average Bonchev–Trinajstić information content (AvgIpc) is 3.39. The zero-order valence-corrected chi connectivity index (χ0v) is 21.7. The Kier molecular flexibility index (Phi) is 6.81. The molecule has 0 saturated carbocycles. The molecule has 0 radical (unpaired) electrons. The van der Waals surface area contributed by atoms with Crippen molar-refractivity contribution in [2.24, 2.45) is 0 Å². The number of pyridine rings is 1. The molecule has 0 bridgehead atoms. The number of carbonyl (C=O) groups excluding carboxylic acids is 3. The number of hydrogen-bond acceptors (Lipinski definition) is 6. The molecular formula is C30H28N4O6. The zero-order valence-electron chi connectivity index (χ0n) is 21.7. The van der Waals surface area contributed by atoms with Gasteiger partial charge in [0.2, 0.25) is 5.91 Å². The molecule has 40 heavy (non-hydrogen) atoms. The molecule has 1 fully saturated rings. The Morgan fingerprint density at radius 3 is 2.58 bits per heavy atom. The van der Waals surface area contributed by atoms with Crippen molar-refractivity contribution in [3.8, 4) is 0 Å². The van der Waals surface area contributed by atoms with E-state index in [-0.39, 0.29) is 49.2 Å². The van der Waals surface area contributed by atoms with E-state index < -0.39 is 0 Å². The van der Waals surface area contributed by atoms with Gasteiger partial charge < -0.3 is 23.9 Å². The summed E-state index contributed by atoms with van der Waals surface area (Å²) < 4.78 is 12.5. The Morgan fingerprint density at radius 1 is 0.950 bits per heavy atom. The normalized spacial score (nSPS) is 15.6. The molecule has 2 aliphatic rings. The van der Waals surface area contributed by atoms with Crippen LogP contribution in [0.15, 0.2) is 82.1 Å². The highest BCUT2D eigenvalue weighted by atomic mass is 16.6. The van der Waals surface area contributed by atoms with Crippen LogP contribution in [-0.4, -0.2) is 46.5 Å². The van der Waals surface area contributed by atoms with Crippen LogP contribution in [0.25, 0.3) is 11.0 Å². The summed E-state index contributed by atoms with van der Waals surface area (Å²) in [5.41, 5.74) is 2.78. The molecule has 0 atom stereocenters. The Balaban J connectivity index is 1.07. The minimum atomic E-state index is -0.338. The molecule has 1 N–H and O–H groups in total. The summed E-state index contributed by atoms with van der Waals surface area (Å²) in [6, 6.07) is 19.5. The SMILES string of the molecule is O=C(Cn1ccccc1=O)NCc1cc2cc(C(=O)N3CCC(N4C(=O)OCc5ccccc54)CC3)ccc2o1. The number of anilines is 1. The molecule has 1 saturated heterocycles. The van der Waals surface area contributed by atoms with Crippen LogP contribution in [0.3, 0.4) is 0 Å². The highest BCUT2D eigenvalue weighted by molar-refractivity contribution is 5.98. The molecule has 0 spiro atoms. The summed E-state index contributed by atoms with van der Waals surface area (Å²) in [6.07, 6.45) is 2.53. The summed E-state index contributed by atoms with van der Waals surface area (Å²) in [7, 11) is 0. The van der Waals surface area contributed by atoms with Crippen molar-refractivity contribution < 1.29 is 23.5 Å². The number of benzene rings is 2. The molecule has 10 heteroatoms. The first-order valence-electron chi connectivity index (χ1n) is 13.2. The van der Waals surface area contributed by atoms with Gasteiger partial charge in [-0.3, -0.25) is 19.3 Å². The molecule has 204 valence electrons. The average molecular weight is 541 g/mol. The second-order valence-electron chi connectivity index (χ2n) is 9.99. The number of nitrogens with zero attached hydrogens (tertiary/aromatic N) is 3. The van der Waals surface area contributed by atoms with Crippen LogP contribution >= 0.6 is 0 Å². The monoisotopic (exact) mass is 540 g/mol. The van der Waals surface area contributed by atoms with Crippen LogP contribution in [0.5, 0.6) is 0 Å². The van der Waals surface area contributed by atoms with Gasteiger partial charge in [0, 0.05) is 47.9 Å². The van der Waals surface area contributed by atoms with E-state index in [9.17, 15) is 19.2 Å². The first-order chi connectivity index (χ1) is 19.5. The lowest BCUT2D eigenvalue weighted by molar-refractivity contribution is -0.121. The molecule has 10 nitrogen and oxygen atoms in total. The van der Waals surface area contributed by atoms with E-state index in [0.29, 0.717) is 42.8 Å². The maximum Gasteiger partial charge on any atom is 0.414 e. The number of cyclic esters (lactones) is 1. The van der Waals surface area contributed by atoms with Crippen LogP contribution in [0.1, 0.15) is 34.5 Å². The van der Waals surface area contributed by atoms with Gasteiger partial charge in [-0.25, -0.2) is 4.79 Å². The topological polar surface area (TPSA) is 114 Å². The first kappa shape index (κ1) is 25.4. The lowest BCUT2D eigenvalue weighted by atomic mass is 10.00. The van der Waals surface area contributed by atoms with E-state index in [1.807, 2.05) is 29.2 Å². The van der Waals surface area contributed by atoms with Crippen LogP contribution in [0, 0.1) is 0 Å². The van der Waals surface area contributed by atoms with Gasteiger partial charge >= 0.3 is 6.09 Å². The minimum Gasteiger partial charge on any atom is -0.459 e. The largest absolute Gasteiger partial charge is 0.459 e. The molecule has 3 amide bonds. The molecule has 4 aromatic rings. The number of nitrogens with one attached hydrogen (secondary N) is 1. The third-order valence-electron chi connectivity index (χ3n) is 7.40. The quantitative estimate of drug-likeness (QED) is 0.399. The molecule has 0 unspecified atom stereocenters. The van der Waals surface area contributed by atoms with E-state index in [2.05, 4.69) is 5.32 Å². The maximum absolute atomic E-state index is 13.3. The number of hydrogen-bond donors (Lipinski definition) is 1. The number of carbonyl (C=O) groups is 3. The van der Waals surface area contributed by atoms with Gasteiger partial charge in [0.15, 0.2) is 0 Å². The van der Waals surface area contributed by atoms with Crippen molar-refractivity contribution in [2.45, 2.75) is 38.6 Å². The molecule has 2 aromatic heterocycles. The van der Waals surface area contributed by atoms with Crippen molar-refractivity contribution in [1.82, 2.24) is 14.8 Å². The van der Waals surface area contributed by atoms with Gasteiger partial charge in [-0.1, -0.05) is 24.3 Å². The Hall–Kier alpha value is -4.86. The van der Waals surface area contributed by atoms with Gasteiger partial charge in [0.1, 0.15) is 24.5 Å². The summed E-state index contributed by atoms with van der Waals surface area (Å²) in [6.45, 7) is 1.42. The number of likely N-dealkylation sites (tertiary alicyclic amines) is 1. The number of rotatable bonds is 6. The highest BCUT2D eigenvalue weighted by Gasteiger charge is 2.35. The van der Waals surface area contributed by atoms with Crippen LogP contribution in [0.4, 0.5) is 10.5 Å². The zero-order chi connectivity index (χ0) is 27.6. The van der Waals surface area contributed by atoms with Crippen molar-refractivity contribution >= 4 is 34.6 Å². The fourth-order valence-corrected chi connectivity index (χ4v) is 5.34. The molecule has 0 aliphatic carbocycles. The molecular weight excluding hydrogens is 512 g/mol. The number of aromatic nitrogens is 1. The number of piperidine rings is 1. The highest BCUT2D eigenvalue weighted by Crippen LogP contribution is 2.32. The fraction of sp³-hybridized carbons (Fsp3) is 0.267.